The highest BCUT2D eigenvalue weighted by molar-refractivity contribution is 6.28. The second-order valence-corrected chi connectivity index (χ2v) is 4.24. The monoisotopic (exact) mass is 277 g/mol. The number of aromatic amines is 1. The number of halogens is 2. The number of nitrogens with zero attached hydrogens (tertiary/aromatic N) is 3. The molecule has 0 aromatic carbocycles. The van der Waals surface area contributed by atoms with Gasteiger partial charge in [-0.15, -0.1) is 0 Å². The average Bonchev–Trinajstić information content (AvgIpc) is 2.85. The molecule has 2 N–H and O–H groups in total. The van der Waals surface area contributed by atoms with Crippen LogP contribution >= 0.6 is 11.6 Å². The summed E-state index contributed by atoms with van der Waals surface area (Å²) in [5, 5.41) is 3.98. The minimum atomic E-state index is -0.361. The highest BCUT2D eigenvalue weighted by Crippen LogP contribution is 2.21. The third-order valence-electron chi connectivity index (χ3n) is 2.69. The fourth-order valence-corrected chi connectivity index (χ4v) is 1.94. The van der Waals surface area contributed by atoms with Gasteiger partial charge in [-0.1, -0.05) is 0 Å². The predicted octanol–water partition coefficient (Wildman–Crippen LogP) is 2.76. The molecule has 0 bridgehead atoms. The number of fused-ring (bicyclic) bond motifs is 1. The summed E-state index contributed by atoms with van der Waals surface area (Å²) in [6.45, 7) is 0.294. The highest BCUT2D eigenvalue weighted by atomic mass is 35.5. The summed E-state index contributed by atoms with van der Waals surface area (Å²) in [5.74, 6) is 0.202. The minimum absolute atomic E-state index is 0.132. The summed E-state index contributed by atoms with van der Waals surface area (Å²) in [4.78, 5) is 14.8. The van der Waals surface area contributed by atoms with E-state index in [9.17, 15) is 4.39 Å². The van der Waals surface area contributed by atoms with Crippen molar-refractivity contribution in [3.05, 3.63) is 47.4 Å². The van der Waals surface area contributed by atoms with E-state index < -0.39 is 0 Å². The van der Waals surface area contributed by atoms with E-state index in [1.807, 2.05) is 6.07 Å². The Morgan fingerprint density at radius 2 is 2.21 bits per heavy atom. The van der Waals surface area contributed by atoms with E-state index in [-0.39, 0.29) is 11.1 Å². The summed E-state index contributed by atoms with van der Waals surface area (Å²) in [5.41, 5.74) is 1.14. The zero-order valence-corrected chi connectivity index (χ0v) is 10.4. The van der Waals surface area contributed by atoms with Gasteiger partial charge < -0.3 is 10.3 Å². The number of H-pyrrole nitrogens is 1. The Morgan fingerprint density at radius 1 is 1.32 bits per heavy atom. The Balaban J connectivity index is 1.90. The Hall–Kier alpha value is -2.21. The number of rotatable bonds is 3. The second kappa shape index (κ2) is 4.81. The summed E-state index contributed by atoms with van der Waals surface area (Å²) < 4.78 is 13.5. The molecule has 19 heavy (non-hydrogen) atoms. The summed E-state index contributed by atoms with van der Waals surface area (Å²) in [6.07, 6.45) is 4.46. The Labute approximate surface area is 112 Å². The van der Waals surface area contributed by atoms with Crippen molar-refractivity contribution in [3.8, 4) is 0 Å². The number of pyridine rings is 1. The molecule has 0 amide bonds. The number of anilines is 1. The third kappa shape index (κ3) is 2.34. The Morgan fingerprint density at radius 3 is 3.05 bits per heavy atom. The summed E-state index contributed by atoms with van der Waals surface area (Å²) in [6, 6.07) is 3.44. The van der Waals surface area contributed by atoms with Gasteiger partial charge in [-0.05, 0) is 23.7 Å². The predicted molar refractivity (Wildman–Crippen MR) is 70.4 cm³/mol. The average molecular weight is 278 g/mol. The van der Waals surface area contributed by atoms with Crippen molar-refractivity contribution < 1.29 is 4.39 Å². The number of hydrogen-bond acceptors (Lipinski definition) is 4. The topological polar surface area (TPSA) is 66.5 Å². The maximum atomic E-state index is 13.5. The van der Waals surface area contributed by atoms with Gasteiger partial charge in [0.15, 0.2) is 0 Å². The van der Waals surface area contributed by atoms with Crippen LogP contribution in [0.2, 0.25) is 5.28 Å². The van der Waals surface area contributed by atoms with Crippen LogP contribution in [0.15, 0.2) is 30.7 Å². The smallest absolute Gasteiger partial charge is 0.226 e. The first kappa shape index (κ1) is 11.9. The van der Waals surface area contributed by atoms with Crippen LogP contribution in [0.4, 0.5) is 10.2 Å². The summed E-state index contributed by atoms with van der Waals surface area (Å²) in [7, 11) is 0. The molecule has 0 radical (unpaired) electrons. The lowest BCUT2D eigenvalue weighted by molar-refractivity contribution is 0.606. The quantitative estimate of drug-likeness (QED) is 0.723. The van der Waals surface area contributed by atoms with Gasteiger partial charge in [0.25, 0.3) is 0 Å². The van der Waals surface area contributed by atoms with Crippen LogP contribution < -0.4 is 5.32 Å². The van der Waals surface area contributed by atoms with E-state index in [4.69, 9.17) is 11.6 Å². The van der Waals surface area contributed by atoms with Crippen molar-refractivity contribution >= 4 is 28.5 Å². The van der Waals surface area contributed by atoms with Crippen LogP contribution in [-0.2, 0) is 6.54 Å². The maximum Gasteiger partial charge on any atom is 0.226 e. The van der Waals surface area contributed by atoms with Crippen molar-refractivity contribution in [2.45, 2.75) is 6.54 Å². The van der Waals surface area contributed by atoms with Crippen LogP contribution in [0.1, 0.15) is 5.56 Å². The van der Waals surface area contributed by atoms with E-state index in [1.165, 1.54) is 6.20 Å². The van der Waals surface area contributed by atoms with Crippen molar-refractivity contribution in [2.75, 3.05) is 5.32 Å². The first-order valence-electron chi connectivity index (χ1n) is 5.57. The minimum Gasteiger partial charge on any atom is -0.365 e. The number of hydrogen-bond donors (Lipinski definition) is 2. The van der Waals surface area contributed by atoms with Crippen molar-refractivity contribution in [3.63, 3.8) is 0 Å². The lowest BCUT2D eigenvalue weighted by Crippen LogP contribution is -2.04. The molecule has 0 aliphatic heterocycles. The molecule has 0 spiro atoms. The zero-order valence-electron chi connectivity index (χ0n) is 9.69. The number of nitrogens with one attached hydrogen (secondary N) is 2. The highest BCUT2D eigenvalue weighted by Gasteiger charge is 2.08. The standard InChI is InChI=1S/C12H9ClFN5/c13-12-18-10-8(2-4-16-10)11(19-12)17-5-7-1-3-15-6-9(7)14/h1-4,6H,5H2,(H2,16,17,18,19). The van der Waals surface area contributed by atoms with E-state index in [0.717, 1.165) is 5.39 Å². The van der Waals surface area contributed by atoms with Gasteiger partial charge in [0.05, 0.1) is 11.6 Å². The van der Waals surface area contributed by atoms with E-state index in [0.29, 0.717) is 23.6 Å². The molecule has 0 aliphatic rings. The zero-order chi connectivity index (χ0) is 13.2. The van der Waals surface area contributed by atoms with Crippen LogP contribution in [-0.4, -0.2) is 19.9 Å². The van der Waals surface area contributed by atoms with Gasteiger partial charge in [-0.2, -0.15) is 4.98 Å². The number of aromatic nitrogens is 4. The van der Waals surface area contributed by atoms with Gasteiger partial charge >= 0.3 is 0 Å². The largest absolute Gasteiger partial charge is 0.365 e. The summed E-state index contributed by atoms with van der Waals surface area (Å²) >= 11 is 5.83. The molecule has 0 fully saturated rings. The van der Waals surface area contributed by atoms with Crippen LogP contribution in [0.25, 0.3) is 11.0 Å². The first-order chi connectivity index (χ1) is 9.24. The molecule has 0 unspecified atom stereocenters. The maximum absolute atomic E-state index is 13.5. The first-order valence-corrected chi connectivity index (χ1v) is 5.95. The molecule has 3 aromatic rings. The fraction of sp³-hybridized carbons (Fsp3) is 0.0833. The van der Waals surface area contributed by atoms with Gasteiger partial charge in [-0.3, -0.25) is 4.98 Å². The van der Waals surface area contributed by atoms with Crippen molar-refractivity contribution in [2.24, 2.45) is 0 Å². The SMILES string of the molecule is Fc1cnccc1CNc1nc(Cl)nc2[nH]ccc12. The Bertz CT molecular complexity index is 727. The Kier molecular flexibility index (Phi) is 3.00. The third-order valence-corrected chi connectivity index (χ3v) is 2.86. The van der Waals surface area contributed by atoms with E-state index in [1.54, 1.807) is 18.5 Å². The van der Waals surface area contributed by atoms with Gasteiger partial charge in [0.2, 0.25) is 5.28 Å². The normalized spacial score (nSPS) is 10.8. The molecule has 3 heterocycles. The van der Waals surface area contributed by atoms with Gasteiger partial charge in [0, 0.05) is 24.5 Å². The van der Waals surface area contributed by atoms with Crippen LogP contribution in [0, 0.1) is 5.82 Å². The molecular formula is C12H9ClFN5. The molecule has 0 aliphatic carbocycles. The molecule has 3 aromatic heterocycles. The molecule has 0 saturated carbocycles. The molecule has 96 valence electrons. The lowest BCUT2D eigenvalue weighted by Gasteiger charge is -2.07. The van der Waals surface area contributed by atoms with E-state index >= 15 is 0 Å². The molecule has 0 saturated heterocycles. The molecular weight excluding hydrogens is 269 g/mol. The molecule has 0 atom stereocenters. The van der Waals surface area contributed by atoms with Crippen molar-refractivity contribution in [1.29, 1.82) is 0 Å². The second-order valence-electron chi connectivity index (χ2n) is 3.90. The molecule has 3 rings (SSSR count). The molecule has 7 heteroatoms. The van der Waals surface area contributed by atoms with Gasteiger partial charge in [0.1, 0.15) is 17.3 Å². The van der Waals surface area contributed by atoms with Gasteiger partial charge in [-0.25, -0.2) is 9.37 Å². The van der Waals surface area contributed by atoms with Crippen LogP contribution in [0.3, 0.4) is 0 Å². The fourth-order valence-electron chi connectivity index (χ4n) is 1.78. The van der Waals surface area contributed by atoms with E-state index in [2.05, 4.69) is 25.3 Å². The molecule has 5 nitrogen and oxygen atoms in total. The van der Waals surface area contributed by atoms with Crippen molar-refractivity contribution in [1.82, 2.24) is 19.9 Å². The lowest BCUT2D eigenvalue weighted by atomic mass is 10.2. The van der Waals surface area contributed by atoms with Crippen LogP contribution in [0.5, 0.6) is 0 Å².